The van der Waals surface area contributed by atoms with Crippen molar-refractivity contribution in [1.82, 2.24) is 35.3 Å². The minimum Gasteiger partial charge on any atom is -0.450 e. The second-order valence-electron chi connectivity index (χ2n) is 11.1. The zero-order chi connectivity index (χ0) is 28.3. The van der Waals surface area contributed by atoms with Gasteiger partial charge in [0.15, 0.2) is 0 Å². The molecule has 0 atom stereocenters. The van der Waals surface area contributed by atoms with Crippen LogP contribution in [0, 0.1) is 0 Å². The number of rotatable bonds is 14. The van der Waals surface area contributed by atoms with Gasteiger partial charge in [0.2, 0.25) is 5.95 Å². The molecule has 3 heterocycles. The smallest absolute Gasteiger partial charge is 0.409 e. The molecule has 1 aliphatic carbocycles. The number of carbonyl (C=O) groups is 1. The third-order valence-corrected chi connectivity index (χ3v) is 8.05. The number of nitrogens with one attached hydrogen (secondary N) is 4. The summed E-state index contributed by atoms with van der Waals surface area (Å²) in [5, 5.41) is 15.1. The van der Waals surface area contributed by atoms with E-state index in [1.165, 1.54) is 38.5 Å². The number of piperazine rings is 1. The van der Waals surface area contributed by atoms with Crippen molar-refractivity contribution in [3.63, 3.8) is 0 Å². The molecule has 0 spiro atoms. The summed E-state index contributed by atoms with van der Waals surface area (Å²) in [5.74, 6) is 1.51. The van der Waals surface area contributed by atoms with E-state index in [0.29, 0.717) is 45.3 Å². The summed E-state index contributed by atoms with van der Waals surface area (Å²) in [6.45, 7) is 9.70. The third-order valence-electron chi connectivity index (χ3n) is 8.05. The monoisotopic (exact) mass is 565 g/mol. The largest absolute Gasteiger partial charge is 0.450 e. The highest BCUT2D eigenvalue weighted by Gasteiger charge is 2.24. The normalized spacial score (nSPS) is 16.4. The van der Waals surface area contributed by atoms with Crippen molar-refractivity contribution in [3.05, 3.63) is 36.2 Å². The van der Waals surface area contributed by atoms with Crippen molar-refractivity contribution in [2.75, 3.05) is 62.6 Å². The van der Waals surface area contributed by atoms with Crippen molar-refractivity contribution in [1.29, 1.82) is 0 Å². The molecule has 11 heteroatoms. The number of fused-ring (bicyclic) bond motifs is 1. The highest BCUT2D eigenvalue weighted by Crippen LogP contribution is 2.26. The van der Waals surface area contributed by atoms with Crippen molar-refractivity contribution < 1.29 is 9.53 Å². The molecular formula is C30H47N9O2. The Hall–Kier alpha value is -3.31. The summed E-state index contributed by atoms with van der Waals surface area (Å²) in [7, 11) is 0. The van der Waals surface area contributed by atoms with Gasteiger partial charge >= 0.3 is 6.09 Å². The van der Waals surface area contributed by atoms with Crippen LogP contribution in [0.3, 0.4) is 0 Å². The van der Waals surface area contributed by atoms with Crippen LogP contribution in [0.25, 0.3) is 10.9 Å². The lowest BCUT2D eigenvalue weighted by Gasteiger charge is -2.35. The van der Waals surface area contributed by atoms with Gasteiger partial charge in [-0.2, -0.15) is 4.98 Å². The van der Waals surface area contributed by atoms with Crippen LogP contribution in [-0.4, -0.2) is 89.2 Å². The minimum absolute atomic E-state index is 0.244. The molecule has 1 saturated carbocycles. The number of H-pyrrole nitrogens is 1. The van der Waals surface area contributed by atoms with Gasteiger partial charge in [-0.1, -0.05) is 31.4 Å². The molecule has 0 unspecified atom stereocenters. The van der Waals surface area contributed by atoms with E-state index in [4.69, 9.17) is 14.7 Å². The number of aryl methyl sites for hydroxylation is 1. The summed E-state index contributed by atoms with van der Waals surface area (Å²) in [6.07, 6.45) is 11.1. The highest BCUT2D eigenvalue weighted by molar-refractivity contribution is 5.90. The molecule has 4 N–H and O–H groups in total. The molecule has 2 fully saturated rings. The van der Waals surface area contributed by atoms with Crippen LogP contribution in [0.2, 0.25) is 0 Å². The number of aromatic nitrogens is 4. The van der Waals surface area contributed by atoms with Crippen molar-refractivity contribution >= 4 is 28.8 Å². The number of hydrogen-bond acceptors (Lipinski definition) is 8. The predicted octanol–water partition coefficient (Wildman–Crippen LogP) is 3.94. The van der Waals surface area contributed by atoms with Gasteiger partial charge in [0, 0.05) is 50.3 Å². The molecule has 1 amide bonds. The standard InChI is InChI=1S/C30H47N9O2/c1-2-41-30(40)38-20-18-37(19-21-38)28-26-12-6-7-13-27(26)34-29(35-28)33-22-25-23-39(36-25)17-9-15-31-14-8-16-32-24-10-4-3-5-11-24/h6-7,12-13,23-24,31-32,36H,2-5,8-11,14-22H2,1H3,(H,33,34,35). The Morgan fingerprint density at radius 2 is 1.80 bits per heavy atom. The summed E-state index contributed by atoms with van der Waals surface area (Å²) < 4.78 is 7.30. The molecule has 224 valence electrons. The molecule has 3 aromatic rings. The first-order chi connectivity index (χ1) is 20.2. The SMILES string of the molecule is CCOC(=O)N1CCN(c2nc(NCc3cn(CCCNCCCNC4CCCCC4)[nH]3)nc3ccccc23)CC1. The van der Waals surface area contributed by atoms with Gasteiger partial charge in [0.05, 0.1) is 24.4 Å². The minimum atomic E-state index is -0.244. The fraction of sp³-hybridized carbons (Fsp3) is 0.633. The fourth-order valence-electron chi connectivity index (χ4n) is 5.77. The average Bonchev–Trinajstić information content (AvgIpc) is 2.99. The van der Waals surface area contributed by atoms with Crippen LogP contribution in [0.4, 0.5) is 16.6 Å². The van der Waals surface area contributed by atoms with Gasteiger partial charge in [-0.3, -0.25) is 9.78 Å². The van der Waals surface area contributed by atoms with E-state index < -0.39 is 0 Å². The number of aromatic amines is 1. The maximum absolute atomic E-state index is 12.1. The van der Waals surface area contributed by atoms with Gasteiger partial charge in [0.1, 0.15) is 5.82 Å². The Bertz CT molecular complexity index is 1200. The highest BCUT2D eigenvalue weighted by atomic mass is 16.6. The third kappa shape index (κ3) is 8.36. The zero-order valence-corrected chi connectivity index (χ0v) is 24.5. The number of anilines is 2. The van der Waals surface area contributed by atoms with Gasteiger partial charge in [-0.15, -0.1) is 0 Å². The molecule has 5 rings (SSSR count). The topological polar surface area (TPSA) is 115 Å². The fourth-order valence-corrected chi connectivity index (χ4v) is 5.77. The second-order valence-corrected chi connectivity index (χ2v) is 11.1. The van der Waals surface area contributed by atoms with Crippen LogP contribution in [-0.2, 0) is 17.8 Å². The van der Waals surface area contributed by atoms with Crippen molar-refractivity contribution in [3.8, 4) is 0 Å². The molecular weight excluding hydrogens is 518 g/mol. The van der Waals surface area contributed by atoms with Gasteiger partial charge in [0.25, 0.3) is 0 Å². The van der Waals surface area contributed by atoms with Crippen LogP contribution in [0.5, 0.6) is 0 Å². The van der Waals surface area contributed by atoms with E-state index in [2.05, 4.69) is 42.9 Å². The maximum atomic E-state index is 12.1. The number of para-hydroxylation sites is 1. The number of nitrogens with zero attached hydrogens (tertiary/aromatic N) is 5. The molecule has 2 aliphatic rings. The number of hydrogen-bond donors (Lipinski definition) is 4. The molecule has 2 aromatic heterocycles. The summed E-state index contributed by atoms with van der Waals surface area (Å²) >= 11 is 0. The van der Waals surface area contributed by atoms with Crippen LogP contribution in [0.15, 0.2) is 30.5 Å². The first kappa shape index (κ1) is 29.2. The first-order valence-electron chi connectivity index (χ1n) is 15.5. The van der Waals surface area contributed by atoms with Crippen LogP contribution in [0.1, 0.15) is 57.6 Å². The lowest BCUT2D eigenvalue weighted by Crippen LogP contribution is -2.49. The molecule has 0 bridgehead atoms. The Morgan fingerprint density at radius 3 is 2.61 bits per heavy atom. The summed E-state index contributed by atoms with van der Waals surface area (Å²) in [5.41, 5.74) is 2.02. The number of ether oxygens (including phenoxy) is 1. The summed E-state index contributed by atoms with van der Waals surface area (Å²) in [6, 6.07) is 8.85. The lowest BCUT2D eigenvalue weighted by molar-refractivity contribution is 0.105. The molecule has 41 heavy (non-hydrogen) atoms. The van der Waals surface area contributed by atoms with Gasteiger partial charge < -0.3 is 30.5 Å². The Balaban J connectivity index is 1.03. The first-order valence-corrected chi connectivity index (χ1v) is 15.5. The predicted molar refractivity (Wildman–Crippen MR) is 163 cm³/mol. The Morgan fingerprint density at radius 1 is 1.02 bits per heavy atom. The average molecular weight is 566 g/mol. The summed E-state index contributed by atoms with van der Waals surface area (Å²) in [4.78, 5) is 25.7. The Labute approximate surface area is 243 Å². The molecule has 1 aromatic carbocycles. The van der Waals surface area contributed by atoms with Gasteiger partial charge in [-0.25, -0.2) is 9.78 Å². The number of amides is 1. The molecule has 11 nitrogen and oxygen atoms in total. The van der Waals surface area contributed by atoms with Crippen molar-refractivity contribution in [2.45, 2.75) is 71.0 Å². The van der Waals surface area contributed by atoms with E-state index >= 15 is 0 Å². The van der Waals surface area contributed by atoms with E-state index in [0.717, 1.165) is 61.1 Å². The quantitative estimate of drug-likeness (QED) is 0.217. The van der Waals surface area contributed by atoms with E-state index in [1.807, 2.05) is 25.1 Å². The van der Waals surface area contributed by atoms with E-state index in [9.17, 15) is 4.79 Å². The van der Waals surface area contributed by atoms with Crippen LogP contribution >= 0.6 is 0 Å². The van der Waals surface area contributed by atoms with Crippen molar-refractivity contribution in [2.24, 2.45) is 0 Å². The van der Waals surface area contributed by atoms with Crippen LogP contribution < -0.4 is 20.9 Å². The Kier molecular flexibility index (Phi) is 10.7. The van der Waals surface area contributed by atoms with E-state index in [-0.39, 0.29) is 6.09 Å². The van der Waals surface area contributed by atoms with E-state index in [1.54, 1.807) is 4.90 Å². The lowest BCUT2D eigenvalue weighted by atomic mass is 9.95. The zero-order valence-electron chi connectivity index (χ0n) is 24.5. The van der Waals surface area contributed by atoms with Gasteiger partial charge in [-0.05, 0) is 64.4 Å². The molecule has 1 saturated heterocycles. The number of benzene rings is 1. The maximum Gasteiger partial charge on any atom is 0.409 e. The molecule has 0 radical (unpaired) electrons. The second kappa shape index (κ2) is 15.1. The number of carbonyl (C=O) groups excluding carboxylic acids is 1. The molecule has 1 aliphatic heterocycles.